The van der Waals surface area contributed by atoms with Crippen LogP contribution in [0.2, 0.25) is 0 Å². The summed E-state index contributed by atoms with van der Waals surface area (Å²) in [5.74, 6) is 1.88. The Balaban J connectivity index is 2.07. The predicted molar refractivity (Wildman–Crippen MR) is 66.2 cm³/mol. The molecule has 0 aliphatic carbocycles. The van der Waals surface area contributed by atoms with Crippen molar-refractivity contribution in [2.75, 3.05) is 5.73 Å². The summed E-state index contributed by atoms with van der Waals surface area (Å²) in [6, 6.07) is 0. The van der Waals surface area contributed by atoms with E-state index in [1.807, 2.05) is 5.38 Å². The maximum atomic E-state index is 5.53. The van der Waals surface area contributed by atoms with Gasteiger partial charge in [-0.3, -0.25) is 0 Å². The van der Waals surface area contributed by atoms with Crippen molar-refractivity contribution in [3.8, 4) is 11.6 Å². The Hall–Kier alpha value is -1.08. The minimum Gasteiger partial charge on any atom is -0.375 e. The van der Waals surface area contributed by atoms with Crippen LogP contribution in [0.1, 0.15) is 19.7 Å². The van der Waals surface area contributed by atoms with Crippen LogP contribution < -0.4 is 5.73 Å². The first-order valence-corrected chi connectivity index (χ1v) is 6.73. The summed E-state index contributed by atoms with van der Waals surface area (Å²) in [6.45, 7) is 4.26. The van der Waals surface area contributed by atoms with E-state index in [0.29, 0.717) is 27.8 Å². The third kappa shape index (κ3) is 2.73. The Kier molecular flexibility index (Phi) is 3.45. The normalized spacial score (nSPS) is 11.2. The molecular formula is C9H12N4OS2. The van der Waals surface area contributed by atoms with Gasteiger partial charge in [-0.25, -0.2) is 4.98 Å². The van der Waals surface area contributed by atoms with Gasteiger partial charge in [-0.05, 0) is 5.25 Å². The van der Waals surface area contributed by atoms with Gasteiger partial charge in [0.05, 0.1) is 5.75 Å². The summed E-state index contributed by atoms with van der Waals surface area (Å²) < 4.78 is 5.11. The lowest BCUT2D eigenvalue weighted by molar-refractivity contribution is 0.424. The van der Waals surface area contributed by atoms with Gasteiger partial charge in [-0.2, -0.15) is 16.7 Å². The fourth-order valence-electron chi connectivity index (χ4n) is 1.04. The van der Waals surface area contributed by atoms with E-state index in [1.54, 1.807) is 11.8 Å². The van der Waals surface area contributed by atoms with E-state index in [0.717, 1.165) is 5.75 Å². The Bertz CT molecular complexity index is 466. The average molecular weight is 256 g/mol. The number of thioether (sulfide) groups is 1. The minimum absolute atomic E-state index is 0.437. The Morgan fingerprint density at radius 1 is 1.50 bits per heavy atom. The fourth-order valence-corrected chi connectivity index (χ4v) is 2.18. The first-order chi connectivity index (χ1) is 7.65. The molecule has 0 bridgehead atoms. The van der Waals surface area contributed by atoms with E-state index in [1.165, 1.54) is 11.3 Å². The lowest BCUT2D eigenvalue weighted by Gasteiger charge is -1.98. The Labute approximate surface area is 101 Å². The third-order valence-corrected chi connectivity index (χ3v) is 3.52. The van der Waals surface area contributed by atoms with Crippen molar-refractivity contribution in [3.63, 3.8) is 0 Å². The molecule has 2 N–H and O–H groups in total. The monoisotopic (exact) mass is 256 g/mol. The number of hydrogen-bond acceptors (Lipinski definition) is 7. The molecule has 16 heavy (non-hydrogen) atoms. The Morgan fingerprint density at radius 3 is 2.94 bits per heavy atom. The van der Waals surface area contributed by atoms with Gasteiger partial charge in [0, 0.05) is 5.38 Å². The zero-order valence-corrected chi connectivity index (χ0v) is 10.6. The molecule has 0 unspecified atom stereocenters. The number of thiazole rings is 1. The highest BCUT2D eigenvalue weighted by Gasteiger charge is 2.12. The summed E-state index contributed by atoms with van der Waals surface area (Å²) in [6.07, 6.45) is 0. The standard InChI is InChI=1S/C9H12N4OS2/c1-5(2)15-4-7-12-8(14-13-7)6-3-16-9(10)11-6/h3,5H,4H2,1-2H3,(H2,10,11). The van der Waals surface area contributed by atoms with Gasteiger partial charge in [0.2, 0.25) is 0 Å². The summed E-state index contributed by atoms with van der Waals surface area (Å²) in [7, 11) is 0. The molecule has 2 rings (SSSR count). The van der Waals surface area contributed by atoms with E-state index in [-0.39, 0.29) is 0 Å². The van der Waals surface area contributed by atoms with E-state index in [4.69, 9.17) is 10.3 Å². The molecule has 0 saturated carbocycles. The molecule has 2 aromatic rings. The number of nitrogens with two attached hydrogens (primary N) is 1. The molecule has 0 saturated heterocycles. The molecule has 0 radical (unpaired) electrons. The van der Waals surface area contributed by atoms with Crippen molar-refractivity contribution >= 4 is 28.2 Å². The van der Waals surface area contributed by atoms with Crippen LogP contribution in [-0.4, -0.2) is 20.4 Å². The van der Waals surface area contributed by atoms with Crippen LogP contribution >= 0.6 is 23.1 Å². The van der Waals surface area contributed by atoms with Crippen LogP contribution in [0, 0.1) is 0 Å². The molecule has 5 nitrogen and oxygen atoms in total. The van der Waals surface area contributed by atoms with Crippen molar-refractivity contribution in [2.45, 2.75) is 24.9 Å². The zero-order valence-electron chi connectivity index (χ0n) is 9.01. The van der Waals surface area contributed by atoms with Gasteiger partial charge in [-0.1, -0.05) is 19.0 Å². The van der Waals surface area contributed by atoms with Gasteiger partial charge in [0.15, 0.2) is 11.0 Å². The lowest BCUT2D eigenvalue weighted by atomic mass is 10.5. The molecule has 0 atom stereocenters. The molecule has 0 spiro atoms. The summed E-state index contributed by atoms with van der Waals surface area (Å²) in [5, 5.41) is 6.76. The fraction of sp³-hybridized carbons (Fsp3) is 0.444. The van der Waals surface area contributed by atoms with Gasteiger partial charge >= 0.3 is 0 Å². The zero-order chi connectivity index (χ0) is 11.5. The smallest absolute Gasteiger partial charge is 0.277 e. The second-order valence-corrected chi connectivity index (χ2v) is 5.90. The molecule has 0 fully saturated rings. The highest BCUT2D eigenvalue weighted by atomic mass is 32.2. The third-order valence-electron chi connectivity index (χ3n) is 1.75. The largest absolute Gasteiger partial charge is 0.375 e. The molecular weight excluding hydrogens is 244 g/mol. The van der Waals surface area contributed by atoms with Crippen molar-refractivity contribution in [3.05, 3.63) is 11.2 Å². The van der Waals surface area contributed by atoms with E-state index >= 15 is 0 Å². The van der Waals surface area contributed by atoms with E-state index in [2.05, 4.69) is 29.0 Å². The van der Waals surface area contributed by atoms with E-state index in [9.17, 15) is 0 Å². The van der Waals surface area contributed by atoms with Crippen LogP contribution in [0.15, 0.2) is 9.90 Å². The second kappa shape index (κ2) is 4.84. The van der Waals surface area contributed by atoms with Crippen LogP contribution in [0.4, 0.5) is 5.13 Å². The first-order valence-electron chi connectivity index (χ1n) is 4.80. The molecule has 2 heterocycles. The van der Waals surface area contributed by atoms with Gasteiger partial charge in [-0.15, -0.1) is 11.3 Å². The highest BCUT2D eigenvalue weighted by Crippen LogP contribution is 2.22. The second-order valence-electron chi connectivity index (χ2n) is 3.45. The maximum Gasteiger partial charge on any atom is 0.277 e. The van der Waals surface area contributed by atoms with Crippen molar-refractivity contribution in [1.82, 2.24) is 15.1 Å². The molecule has 0 amide bonds. The minimum atomic E-state index is 0.437. The molecule has 0 aliphatic rings. The van der Waals surface area contributed by atoms with Gasteiger partial charge in [0.25, 0.3) is 5.89 Å². The van der Waals surface area contributed by atoms with Gasteiger partial charge < -0.3 is 10.3 Å². The summed E-state index contributed by atoms with van der Waals surface area (Å²) in [5.41, 5.74) is 6.18. The number of anilines is 1. The number of rotatable bonds is 4. The van der Waals surface area contributed by atoms with Crippen LogP contribution in [0.25, 0.3) is 11.6 Å². The number of nitrogens with zero attached hydrogens (tertiary/aromatic N) is 3. The molecule has 86 valence electrons. The molecule has 0 aliphatic heterocycles. The average Bonchev–Trinajstić information content (AvgIpc) is 2.83. The lowest BCUT2D eigenvalue weighted by Crippen LogP contribution is -1.90. The quantitative estimate of drug-likeness (QED) is 0.905. The van der Waals surface area contributed by atoms with Crippen molar-refractivity contribution in [2.24, 2.45) is 0 Å². The summed E-state index contributed by atoms with van der Waals surface area (Å²) >= 11 is 3.13. The molecule has 7 heteroatoms. The molecule has 2 aromatic heterocycles. The predicted octanol–water partition coefficient (Wildman–Crippen LogP) is 2.42. The topological polar surface area (TPSA) is 77.8 Å². The summed E-state index contributed by atoms with van der Waals surface area (Å²) in [4.78, 5) is 8.34. The van der Waals surface area contributed by atoms with E-state index < -0.39 is 0 Å². The van der Waals surface area contributed by atoms with Crippen LogP contribution in [-0.2, 0) is 5.75 Å². The highest BCUT2D eigenvalue weighted by molar-refractivity contribution is 7.99. The number of nitrogen functional groups attached to an aromatic ring is 1. The molecule has 0 aromatic carbocycles. The van der Waals surface area contributed by atoms with Crippen LogP contribution in [0.5, 0.6) is 0 Å². The Morgan fingerprint density at radius 2 is 2.31 bits per heavy atom. The van der Waals surface area contributed by atoms with Gasteiger partial charge in [0.1, 0.15) is 5.69 Å². The van der Waals surface area contributed by atoms with Crippen molar-refractivity contribution in [1.29, 1.82) is 0 Å². The number of hydrogen-bond donors (Lipinski definition) is 1. The maximum absolute atomic E-state index is 5.53. The SMILES string of the molecule is CC(C)SCc1noc(-c2csc(N)n2)n1. The van der Waals surface area contributed by atoms with Crippen molar-refractivity contribution < 1.29 is 4.52 Å². The van der Waals surface area contributed by atoms with Crippen LogP contribution in [0.3, 0.4) is 0 Å². The number of aromatic nitrogens is 3. The first kappa shape index (κ1) is 11.4.